The lowest BCUT2D eigenvalue weighted by Gasteiger charge is -2.67. The number of hydrogen-bond acceptors (Lipinski definition) is 27. The Labute approximate surface area is 564 Å². The maximum Gasteiger partial charge on any atom is 0.330 e. The van der Waals surface area contributed by atoms with Crippen molar-refractivity contribution in [1.82, 2.24) is 0 Å². The molecule has 0 bridgehead atoms. The minimum Gasteiger partial charge on any atom is -0.458 e. The highest BCUT2D eigenvalue weighted by molar-refractivity contribution is 5.87. The molecule has 6 aliphatic heterocycles. The van der Waals surface area contributed by atoms with E-state index in [4.69, 9.17) is 85.3 Å². The maximum absolute atomic E-state index is 13.6. The third-order valence-electron chi connectivity index (χ3n) is 24.0. The number of ketones is 1. The molecule has 27 heteroatoms. The fourth-order valence-corrected chi connectivity index (χ4v) is 17.8. The molecule has 96 heavy (non-hydrogen) atoms. The van der Waals surface area contributed by atoms with Gasteiger partial charge in [0.1, 0.15) is 77.8 Å². The minimum absolute atomic E-state index is 0.0505. The van der Waals surface area contributed by atoms with Crippen molar-refractivity contribution in [3.63, 3.8) is 0 Å². The van der Waals surface area contributed by atoms with Gasteiger partial charge in [-0.05, 0) is 112 Å². The van der Waals surface area contributed by atoms with Crippen LogP contribution in [-0.4, -0.2) is 272 Å². The molecule has 3 saturated carbocycles. The van der Waals surface area contributed by atoms with Crippen LogP contribution in [0.4, 0.5) is 0 Å². The molecule has 0 spiro atoms. The van der Waals surface area contributed by atoms with Gasteiger partial charge in [0.2, 0.25) is 0 Å². The molecule has 6 heterocycles. The van der Waals surface area contributed by atoms with Crippen molar-refractivity contribution in [3.05, 3.63) is 23.3 Å². The van der Waals surface area contributed by atoms with Gasteiger partial charge in [-0.1, -0.05) is 38.0 Å². The van der Waals surface area contributed by atoms with E-state index in [1.165, 1.54) is 20.1 Å². The molecule has 10 rings (SSSR count). The zero-order valence-corrected chi connectivity index (χ0v) is 58.9. The Morgan fingerprint density at radius 3 is 1.39 bits per heavy atom. The molecule has 9 fully saturated rings. The lowest BCUT2D eigenvalue weighted by Crippen LogP contribution is -2.78. The molecule has 33 atom stereocenters. The molecule has 6 saturated heterocycles. The molecule has 0 radical (unpaired) electrons. The summed E-state index contributed by atoms with van der Waals surface area (Å²) in [6.45, 7) is 19.5. The smallest absolute Gasteiger partial charge is 0.330 e. The van der Waals surface area contributed by atoms with Crippen molar-refractivity contribution in [1.29, 1.82) is 0 Å². The Morgan fingerprint density at radius 1 is 0.573 bits per heavy atom. The van der Waals surface area contributed by atoms with E-state index < -0.39 is 212 Å². The number of allylic oxidation sites excluding steroid dienone is 1. The summed E-state index contributed by atoms with van der Waals surface area (Å²) >= 11 is 0. The van der Waals surface area contributed by atoms with Crippen LogP contribution in [0.5, 0.6) is 0 Å². The summed E-state index contributed by atoms with van der Waals surface area (Å²) in [5, 5.41) is 79.2. The average Bonchev–Trinajstić information content (AvgIpc) is 1.38. The van der Waals surface area contributed by atoms with Crippen LogP contribution >= 0.6 is 0 Å². The quantitative estimate of drug-likeness (QED) is 0.0463. The first-order valence-electron chi connectivity index (χ1n) is 34.8. The van der Waals surface area contributed by atoms with Crippen molar-refractivity contribution >= 4 is 11.8 Å². The summed E-state index contributed by atoms with van der Waals surface area (Å²) in [6.07, 6.45) is -13.6. The third kappa shape index (κ3) is 14.3. The van der Waals surface area contributed by atoms with Gasteiger partial charge >= 0.3 is 5.97 Å². The van der Waals surface area contributed by atoms with Crippen LogP contribution in [0.2, 0.25) is 0 Å². The largest absolute Gasteiger partial charge is 0.458 e. The van der Waals surface area contributed by atoms with Crippen LogP contribution in [0.3, 0.4) is 0 Å². The highest BCUT2D eigenvalue weighted by Gasteiger charge is 2.81. The highest BCUT2D eigenvalue weighted by Crippen LogP contribution is 2.71. The van der Waals surface area contributed by atoms with E-state index in [-0.39, 0.29) is 44.1 Å². The monoisotopic (exact) mass is 1370 g/mol. The van der Waals surface area contributed by atoms with Crippen molar-refractivity contribution in [3.8, 4) is 0 Å². The minimum atomic E-state index is -2.04. The van der Waals surface area contributed by atoms with Crippen molar-refractivity contribution in [2.24, 2.45) is 22.7 Å². The first kappa shape index (κ1) is 76.3. The summed E-state index contributed by atoms with van der Waals surface area (Å²) in [5.74, 6) is -1.68. The lowest BCUT2D eigenvalue weighted by molar-refractivity contribution is -0.360. The number of aliphatic hydroxyl groups excluding tert-OH is 4. The van der Waals surface area contributed by atoms with E-state index >= 15 is 0 Å². The highest BCUT2D eigenvalue weighted by atomic mass is 16.8. The normalized spacial score (nSPS) is 50.1. The van der Waals surface area contributed by atoms with Crippen LogP contribution in [0, 0.1) is 22.7 Å². The van der Waals surface area contributed by atoms with E-state index in [0.29, 0.717) is 44.9 Å². The number of hydrogen-bond donors (Lipinski definition) is 7. The van der Waals surface area contributed by atoms with Crippen molar-refractivity contribution in [2.45, 2.75) is 336 Å². The zero-order valence-electron chi connectivity index (χ0n) is 58.9. The number of fused-ring (bicyclic) bond motifs is 5. The second kappa shape index (κ2) is 30.5. The number of rotatable bonds is 22. The van der Waals surface area contributed by atoms with Gasteiger partial charge in [0.25, 0.3) is 0 Å². The molecule has 0 amide bonds. The molecular formula is C69H112O27. The second-order valence-corrected chi connectivity index (χ2v) is 29.6. The fourth-order valence-electron chi connectivity index (χ4n) is 17.8. The van der Waals surface area contributed by atoms with E-state index in [1.54, 1.807) is 42.3 Å². The number of Topliss-reactive ketones (excluding diaryl/α,β-unsaturated/α-hetero) is 1. The predicted octanol–water partition coefficient (Wildman–Crippen LogP) is 3.48. The van der Waals surface area contributed by atoms with E-state index in [9.17, 15) is 45.3 Å². The van der Waals surface area contributed by atoms with Gasteiger partial charge in [-0.25, -0.2) is 4.79 Å². The summed E-state index contributed by atoms with van der Waals surface area (Å²) in [4.78, 5) is 27.0. The summed E-state index contributed by atoms with van der Waals surface area (Å²) < 4.78 is 114. The molecule has 0 aromatic rings. The number of ether oxygens (including phenoxy) is 18. The van der Waals surface area contributed by atoms with Crippen LogP contribution in [0.25, 0.3) is 0 Å². The van der Waals surface area contributed by atoms with Gasteiger partial charge in [-0.2, -0.15) is 0 Å². The van der Waals surface area contributed by atoms with Gasteiger partial charge in [-0.15, -0.1) is 0 Å². The topological polar surface area (TPSA) is 342 Å². The molecule has 27 nitrogen and oxygen atoms in total. The molecule has 0 aromatic carbocycles. The van der Waals surface area contributed by atoms with Crippen LogP contribution in [-0.2, 0) is 94.9 Å². The standard InChI is InChI=1S/C69H112O27/c1-32(2)33(3)23-50(72)91-49-30-48-65(10)19-18-41(24-40(65)17-20-68(48,77)69(78)22-21-67(76,39(9)71)66(49,69)11)89-51-25-42(79-12)59(34(4)84-51)92-52-26-43(80-13)60(35(5)85-52)93-53-27-44(81-14)61(36(6)86-53)94-54-28-45(82-15)62(37(7)87-54)95-55-29-46(83-16)63(38(8)88-55)96-64-58(75)57(74)56(73)47(31-70)90-64/h17,23,32,34-38,41-49,51-64,70,73-78H,18-22,24-31H2,1-16H3. The van der Waals surface area contributed by atoms with Gasteiger partial charge in [0, 0.05) is 79.6 Å². The average molecular weight is 1370 g/mol. The first-order chi connectivity index (χ1) is 45.3. The number of methoxy groups -OCH3 is 5. The Balaban J connectivity index is 0.701. The van der Waals surface area contributed by atoms with E-state index in [1.807, 2.05) is 54.5 Å². The number of esters is 1. The summed E-state index contributed by atoms with van der Waals surface area (Å²) in [6, 6.07) is 0. The fraction of sp³-hybridized carbons (Fsp3) is 0.913. The molecule has 550 valence electrons. The van der Waals surface area contributed by atoms with Crippen molar-refractivity contribution < 1.29 is 131 Å². The van der Waals surface area contributed by atoms with Gasteiger partial charge in [0.15, 0.2) is 43.5 Å². The second-order valence-electron chi connectivity index (χ2n) is 29.6. The van der Waals surface area contributed by atoms with Crippen LogP contribution < -0.4 is 0 Å². The van der Waals surface area contributed by atoms with Crippen LogP contribution in [0.15, 0.2) is 23.3 Å². The van der Waals surface area contributed by atoms with E-state index in [2.05, 4.69) is 6.92 Å². The molecule has 4 aliphatic carbocycles. The lowest BCUT2D eigenvalue weighted by atomic mass is 9.42. The Hall–Kier alpha value is -2.34. The summed E-state index contributed by atoms with van der Waals surface area (Å²) in [5.41, 5.74) is -6.24. The Bertz CT molecular complexity index is 2680. The number of carbonyl (C=O) groups is 2. The molecule has 33 unspecified atom stereocenters. The zero-order chi connectivity index (χ0) is 69.9. The molecule has 0 aromatic heterocycles. The van der Waals surface area contributed by atoms with Gasteiger partial charge in [0.05, 0.1) is 79.2 Å². The van der Waals surface area contributed by atoms with Crippen LogP contribution in [0.1, 0.15) is 153 Å². The number of aliphatic hydroxyl groups is 7. The third-order valence-corrected chi connectivity index (χ3v) is 24.0. The Kier molecular flexibility index (Phi) is 24.3. The van der Waals surface area contributed by atoms with Gasteiger partial charge < -0.3 is 121 Å². The molecule has 10 aliphatic rings. The SMILES string of the molecule is COC1CC(OC2CCC3(C)C(=CCC4(O)C3CC(OC(=O)C=C(C)C(C)C)C3(C)C(O)(C(C)=O)CCC43O)C2)OC(C)C1OC1CC(OC)C(OC2CC(OC)C(OC3CC(OC)C(OC4CC(OC)C(OC5OC(CO)C(O)C(O)C5O)C(C)O4)C(C)O3)C(C)O2)C(C)O1. The predicted molar refractivity (Wildman–Crippen MR) is 336 cm³/mol. The molecular weight excluding hydrogens is 1260 g/mol. The maximum atomic E-state index is 13.6. The summed E-state index contributed by atoms with van der Waals surface area (Å²) in [7, 11) is 7.98. The Morgan fingerprint density at radius 2 is 0.990 bits per heavy atom. The van der Waals surface area contributed by atoms with Crippen molar-refractivity contribution in [2.75, 3.05) is 42.2 Å². The first-order valence-corrected chi connectivity index (χ1v) is 34.8. The van der Waals surface area contributed by atoms with Gasteiger partial charge in [-0.3, -0.25) is 4.79 Å². The number of carbonyl (C=O) groups excluding carboxylic acids is 2. The van der Waals surface area contributed by atoms with E-state index in [0.717, 1.165) is 11.1 Å². The molecule has 7 N–H and O–H groups in total.